The van der Waals surface area contributed by atoms with Crippen LogP contribution in [-0.4, -0.2) is 16.0 Å². The second-order valence-corrected chi connectivity index (χ2v) is 6.98. The van der Waals surface area contributed by atoms with Gasteiger partial charge in [-0.25, -0.2) is 4.98 Å². The van der Waals surface area contributed by atoms with Gasteiger partial charge >= 0.3 is 6.18 Å². The number of benzene rings is 1. The molecule has 0 amide bonds. The largest absolute Gasteiger partial charge is 0.433 e. The molecule has 1 fully saturated rings. The fourth-order valence-electron chi connectivity index (χ4n) is 3.48. The zero-order valence-electron chi connectivity index (χ0n) is 15.2. The molecule has 1 aliphatic rings. The molecule has 1 aromatic carbocycles. The SMILES string of the molecule is Cc1cc(C)c(Nc2cc(C(F)(F)F)nc(NC3CCCC3)n2)c(C)c1. The summed E-state index contributed by atoms with van der Waals surface area (Å²) in [5.41, 5.74) is 2.85. The number of hydrogen-bond acceptors (Lipinski definition) is 4. The van der Waals surface area contributed by atoms with E-state index in [2.05, 4.69) is 20.6 Å². The highest BCUT2D eigenvalue weighted by Gasteiger charge is 2.34. The first-order valence-electron chi connectivity index (χ1n) is 8.80. The molecule has 0 bridgehead atoms. The number of alkyl halides is 3. The van der Waals surface area contributed by atoms with Gasteiger partial charge in [-0.05, 0) is 44.7 Å². The van der Waals surface area contributed by atoms with Gasteiger partial charge in [-0.2, -0.15) is 18.2 Å². The van der Waals surface area contributed by atoms with Gasteiger partial charge in [-0.15, -0.1) is 0 Å². The van der Waals surface area contributed by atoms with Crippen molar-refractivity contribution in [3.63, 3.8) is 0 Å². The Balaban J connectivity index is 1.95. The molecule has 2 aromatic rings. The van der Waals surface area contributed by atoms with Gasteiger partial charge in [-0.3, -0.25) is 0 Å². The Labute approximate surface area is 151 Å². The van der Waals surface area contributed by atoms with Crippen molar-refractivity contribution in [1.29, 1.82) is 0 Å². The number of hydrogen-bond donors (Lipinski definition) is 2. The van der Waals surface area contributed by atoms with E-state index in [1.165, 1.54) is 0 Å². The number of aryl methyl sites for hydroxylation is 3. The third kappa shape index (κ3) is 4.26. The molecule has 2 N–H and O–H groups in total. The van der Waals surface area contributed by atoms with Crippen LogP contribution in [0.25, 0.3) is 0 Å². The summed E-state index contributed by atoms with van der Waals surface area (Å²) in [6.45, 7) is 5.83. The summed E-state index contributed by atoms with van der Waals surface area (Å²) in [6.07, 6.45) is -0.521. The van der Waals surface area contributed by atoms with Crippen LogP contribution < -0.4 is 10.6 Å². The molecular weight excluding hydrogens is 341 g/mol. The van der Waals surface area contributed by atoms with Crippen molar-refractivity contribution < 1.29 is 13.2 Å². The van der Waals surface area contributed by atoms with Gasteiger partial charge in [0.1, 0.15) is 5.82 Å². The number of anilines is 3. The van der Waals surface area contributed by atoms with Crippen LogP contribution in [0.4, 0.5) is 30.6 Å². The Hall–Kier alpha value is -2.31. The molecule has 3 rings (SSSR count). The van der Waals surface area contributed by atoms with Crippen LogP contribution in [0.2, 0.25) is 0 Å². The molecule has 1 saturated carbocycles. The van der Waals surface area contributed by atoms with Crippen LogP contribution in [0.1, 0.15) is 48.1 Å². The highest BCUT2D eigenvalue weighted by atomic mass is 19.4. The zero-order valence-corrected chi connectivity index (χ0v) is 15.2. The average molecular weight is 364 g/mol. The molecule has 7 heteroatoms. The lowest BCUT2D eigenvalue weighted by Gasteiger charge is -2.17. The molecule has 0 atom stereocenters. The Morgan fingerprint density at radius 1 is 0.962 bits per heavy atom. The normalized spacial score (nSPS) is 15.3. The van der Waals surface area contributed by atoms with Gasteiger partial charge in [-0.1, -0.05) is 30.5 Å². The summed E-state index contributed by atoms with van der Waals surface area (Å²) in [5, 5.41) is 6.11. The van der Waals surface area contributed by atoms with E-state index < -0.39 is 11.9 Å². The lowest BCUT2D eigenvalue weighted by molar-refractivity contribution is -0.141. The fourth-order valence-corrected chi connectivity index (χ4v) is 3.48. The summed E-state index contributed by atoms with van der Waals surface area (Å²) in [5.74, 6) is 0.166. The smallest absolute Gasteiger partial charge is 0.351 e. The second-order valence-electron chi connectivity index (χ2n) is 6.98. The molecule has 1 heterocycles. The van der Waals surface area contributed by atoms with Crippen molar-refractivity contribution in [1.82, 2.24) is 9.97 Å². The van der Waals surface area contributed by atoms with Crippen LogP contribution in [0.15, 0.2) is 18.2 Å². The Bertz CT molecular complexity index is 773. The van der Waals surface area contributed by atoms with E-state index in [4.69, 9.17) is 0 Å². The fraction of sp³-hybridized carbons (Fsp3) is 0.474. The molecule has 0 spiro atoms. The Kier molecular flexibility index (Phi) is 5.07. The summed E-state index contributed by atoms with van der Waals surface area (Å²) in [4.78, 5) is 7.96. The first kappa shape index (κ1) is 18.5. The van der Waals surface area contributed by atoms with Crippen LogP contribution in [0, 0.1) is 20.8 Å². The van der Waals surface area contributed by atoms with Crippen molar-refractivity contribution in [2.75, 3.05) is 10.6 Å². The summed E-state index contributed by atoms with van der Waals surface area (Å²) >= 11 is 0. The van der Waals surface area contributed by atoms with Gasteiger partial charge in [0.25, 0.3) is 0 Å². The number of rotatable bonds is 4. The first-order valence-corrected chi connectivity index (χ1v) is 8.80. The Morgan fingerprint density at radius 2 is 1.58 bits per heavy atom. The molecule has 0 radical (unpaired) electrons. The van der Waals surface area contributed by atoms with E-state index in [1.807, 2.05) is 32.9 Å². The van der Waals surface area contributed by atoms with Crippen molar-refractivity contribution in [2.24, 2.45) is 0 Å². The van der Waals surface area contributed by atoms with Gasteiger partial charge in [0.2, 0.25) is 5.95 Å². The maximum Gasteiger partial charge on any atom is 0.433 e. The number of halogens is 3. The third-order valence-electron chi connectivity index (χ3n) is 4.64. The van der Waals surface area contributed by atoms with E-state index in [0.717, 1.165) is 54.1 Å². The standard InChI is InChI=1S/C19H23F3N4/c1-11-8-12(2)17(13(3)9-11)25-16-10-15(19(20,21)22)24-18(26-16)23-14-6-4-5-7-14/h8-10,14H,4-7H2,1-3H3,(H2,23,24,25,26). The molecule has 0 unspecified atom stereocenters. The lowest BCUT2D eigenvalue weighted by atomic mass is 10.1. The number of aromatic nitrogens is 2. The molecular formula is C19H23F3N4. The monoisotopic (exact) mass is 364 g/mol. The van der Waals surface area contributed by atoms with E-state index in [1.54, 1.807) is 0 Å². The minimum Gasteiger partial charge on any atom is -0.351 e. The van der Waals surface area contributed by atoms with E-state index in [-0.39, 0.29) is 17.8 Å². The minimum atomic E-state index is -4.52. The van der Waals surface area contributed by atoms with Crippen LogP contribution in [0.3, 0.4) is 0 Å². The summed E-state index contributed by atoms with van der Waals surface area (Å²) in [7, 11) is 0. The second kappa shape index (κ2) is 7.13. The highest BCUT2D eigenvalue weighted by molar-refractivity contribution is 5.66. The summed E-state index contributed by atoms with van der Waals surface area (Å²) in [6, 6.07) is 5.06. The van der Waals surface area contributed by atoms with Crippen molar-refractivity contribution >= 4 is 17.5 Å². The van der Waals surface area contributed by atoms with Crippen molar-refractivity contribution in [3.05, 3.63) is 40.6 Å². The zero-order chi connectivity index (χ0) is 18.9. The lowest BCUT2D eigenvalue weighted by Crippen LogP contribution is -2.19. The molecule has 1 aliphatic carbocycles. The predicted octanol–water partition coefficient (Wildman–Crippen LogP) is 5.52. The molecule has 0 aliphatic heterocycles. The third-order valence-corrected chi connectivity index (χ3v) is 4.64. The first-order chi connectivity index (χ1) is 12.2. The van der Waals surface area contributed by atoms with Crippen molar-refractivity contribution in [3.8, 4) is 0 Å². The maximum absolute atomic E-state index is 13.3. The van der Waals surface area contributed by atoms with Crippen LogP contribution in [0.5, 0.6) is 0 Å². The van der Waals surface area contributed by atoms with Crippen molar-refractivity contribution in [2.45, 2.75) is 58.7 Å². The van der Waals surface area contributed by atoms with E-state index in [0.29, 0.717) is 0 Å². The molecule has 140 valence electrons. The van der Waals surface area contributed by atoms with Gasteiger partial charge in [0.05, 0.1) is 0 Å². The molecule has 0 saturated heterocycles. The maximum atomic E-state index is 13.3. The van der Waals surface area contributed by atoms with Gasteiger partial charge in [0.15, 0.2) is 5.69 Å². The minimum absolute atomic E-state index is 0.0247. The number of nitrogens with zero attached hydrogens (tertiary/aromatic N) is 2. The van der Waals surface area contributed by atoms with Gasteiger partial charge < -0.3 is 10.6 Å². The quantitative estimate of drug-likeness (QED) is 0.750. The van der Waals surface area contributed by atoms with Crippen LogP contribution in [-0.2, 0) is 6.18 Å². The molecule has 1 aromatic heterocycles. The molecule has 4 nitrogen and oxygen atoms in total. The predicted molar refractivity (Wildman–Crippen MR) is 96.8 cm³/mol. The number of nitrogens with one attached hydrogen (secondary N) is 2. The van der Waals surface area contributed by atoms with Crippen LogP contribution >= 0.6 is 0 Å². The average Bonchev–Trinajstić information content (AvgIpc) is 3.02. The van der Waals surface area contributed by atoms with E-state index >= 15 is 0 Å². The molecule has 26 heavy (non-hydrogen) atoms. The topological polar surface area (TPSA) is 49.8 Å². The van der Waals surface area contributed by atoms with E-state index in [9.17, 15) is 13.2 Å². The summed E-state index contributed by atoms with van der Waals surface area (Å²) < 4.78 is 39.8. The Morgan fingerprint density at radius 3 is 2.15 bits per heavy atom. The van der Waals surface area contributed by atoms with Gasteiger partial charge in [0, 0.05) is 17.8 Å². The highest BCUT2D eigenvalue weighted by Crippen LogP contribution is 2.32.